The van der Waals surface area contributed by atoms with Crippen molar-refractivity contribution in [3.8, 4) is 0 Å². The number of carbonyl (C=O) groups is 2. The summed E-state index contributed by atoms with van der Waals surface area (Å²) < 4.78 is 1.84. The predicted molar refractivity (Wildman–Crippen MR) is 80.7 cm³/mol. The highest BCUT2D eigenvalue weighted by atomic mass is 16.2. The average Bonchev–Trinajstić information content (AvgIpc) is 2.98. The molecule has 1 aliphatic rings. The molecule has 2 heterocycles. The Morgan fingerprint density at radius 1 is 1.09 bits per heavy atom. The van der Waals surface area contributed by atoms with Crippen LogP contribution in [0.2, 0.25) is 0 Å². The van der Waals surface area contributed by atoms with Gasteiger partial charge in [0.15, 0.2) is 5.82 Å². The second-order valence-electron chi connectivity index (χ2n) is 5.67. The van der Waals surface area contributed by atoms with Crippen molar-refractivity contribution in [2.45, 2.75) is 33.2 Å². The quantitative estimate of drug-likeness (QED) is 0.810. The van der Waals surface area contributed by atoms with Crippen molar-refractivity contribution >= 4 is 11.8 Å². The second kappa shape index (κ2) is 5.36. The summed E-state index contributed by atoms with van der Waals surface area (Å²) in [6, 6.07) is 7.14. The highest BCUT2D eigenvalue weighted by Crippen LogP contribution is 2.22. The van der Waals surface area contributed by atoms with Crippen molar-refractivity contribution in [3.05, 3.63) is 47.0 Å². The Bertz CT molecular complexity index is 713. The fourth-order valence-corrected chi connectivity index (χ4v) is 2.71. The van der Waals surface area contributed by atoms with Crippen LogP contribution in [0.3, 0.4) is 0 Å². The van der Waals surface area contributed by atoms with E-state index in [1.165, 1.54) is 4.90 Å². The summed E-state index contributed by atoms with van der Waals surface area (Å²) in [4.78, 5) is 30.2. The van der Waals surface area contributed by atoms with Crippen LogP contribution >= 0.6 is 0 Å². The van der Waals surface area contributed by atoms with Gasteiger partial charge < -0.3 is 0 Å². The lowest BCUT2D eigenvalue weighted by Crippen LogP contribution is -2.32. The van der Waals surface area contributed by atoms with Crippen LogP contribution in [0.1, 0.15) is 52.3 Å². The molecule has 0 unspecified atom stereocenters. The summed E-state index contributed by atoms with van der Waals surface area (Å²) in [5.41, 5.74) is 0.952. The van der Waals surface area contributed by atoms with Crippen LogP contribution in [-0.4, -0.2) is 38.0 Å². The smallest absolute Gasteiger partial charge is 0.261 e. The molecule has 0 bridgehead atoms. The number of nitrogens with zero attached hydrogens (tertiary/aromatic N) is 4. The molecule has 114 valence electrons. The van der Waals surface area contributed by atoms with Crippen LogP contribution in [0.5, 0.6) is 0 Å². The summed E-state index contributed by atoms with van der Waals surface area (Å²) in [5, 5.41) is 4.43. The number of hydrogen-bond acceptors (Lipinski definition) is 4. The van der Waals surface area contributed by atoms with Gasteiger partial charge in [-0.05, 0) is 32.9 Å². The van der Waals surface area contributed by atoms with E-state index in [-0.39, 0.29) is 17.9 Å². The standard InChI is InChI=1S/C16H18N4O2/c1-10(2)20-11(3)17-14(18-20)8-9-19-15(21)12-6-4-5-7-13(12)16(19)22/h4-7,10H,8-9H2,1-3H3. The molecule has 3 rings (SSSR count). The molecule has 1 aliphatic heterocycles. The van der Waals surface area contributed by atoms with Crippen LogP contribution in [0, 0.1) is 6.92 Å². The minimum Gasteiger partial charge on any atom is -0.274 e. The molecule has 2 amide bonds. The number of fused-ring (bicyclic) bond motifs is 1. The van der Waals surface area contributed by atoms with Gasteiger partial charge in [0.25, 0.3) is 11.8 Å². The number of aromatic nitrogens is 3. The molecule has 1 aromatic heterocycles. The number of amides is 2. The monoisotopic (exact) mass is 298 g/mol. The summed E-state index contributed by atoms with van der Waals surface area (Å²) in [6.45, 7) is 6.28. The van der Waals surface area contributed by atoms with Crippen molar-refractivity contribution in [2.24, 2.45) is 0 Å². The first-order valence-corrected chi connectivity index (χ1v) is 7.36. The zero-order valence-corrected chi connectivity index (χ0v) is 12.9. The summed E-state index contributed by atoms with van der Waals surface area (Å²) in [5.74, 6) is 1.02. The average molecular weight is 298 g/mol. The first kappa shape index (κ1) is 14.4. The fourth-order valence-electron chi connectivity index (χ4n) is 2.71. The third-order valence-electron chi connectivity index (χ3n) is 3.77. The van der Waals surface area contributed by atoms with E-state index >= 15 is 0 Å². The molecule has 0 saturated heterocycles. The van der Waals surface area contributed by atoms with Crippen LogP contribution < -0.4 is 0 Å². The third kappa shape index (κ3) is 2.30. The lowest BCUT2D eigenvalue weighted by molar-refractivity contribution is 0.0655. The van der Waals surface area contributed by atoms with Crippen molar-refractivity contribution in [3.63, 3.8) is 0 Å². The van der Waals surface area contributed by atoms with Gasteiger partial charge in [-0.1, -0.05) is 12.1 Å². The number of aryl methyl sites for hydroxylation is 1. The van der Waals surface area contributed by atoms with E-state index in [9.17, 15) is 9.59 Å². The summed E-state index contributed by atoms with van der Waals surface area (Å²) in [6.07, 6.45) is 0.464. The molecule has 22 heavy (non-hydrogen) atoms. The van der Waals surface area contributed by atoms with Gasteiger partial charge >= 0.3 is 0 Å². The highest BCUT2D eigenvalue weighted by molar-refractivity contribution is 6.21. The van der Waals surface area contributed by atoms with Gasteiger partial charge in [-0.3, -0.25) is 14.5 Å². The van der Waals surface area contributed by atoms with Crippen LogP contribution in [0.15, 0.2) is 24.3 Å². The lowest BCUT2D eigenvalue weighted by Gasteiger charge is -2.12. The van der Waals surface area contributed by atoms with Crippen molar-refractivity contribution in [1.29, 1.82) is 0 Å². The first-order chi connectivity index (χ1) is 10.5. The van der Waals surface area contributed by atoms with E-state index < -0.39 is 0 Å². The minimum absolute atomic E-state index is 0.236. The number of benzene rings is 1. The maximum atomic E-state index is 12.3. The lowest BCUT2D eigenvalue weighted by atomic mass is 10.1. The number of carbonyl (C=O) groups excluding carboxylic acids is 2. The highest BCUT2D eigenvalue weighted by Gasteiger charge is 2.34. The largest absolute Gasteiger partial charge is 0.274 e. The van der Waals surface area contributed by atoms with E-state index in [0.717, 1.165) is 5.82 Å². The van der Waals surface area contributed by atoms with E-state index in [0.29, 0.717) is 29.9 Å². The van der Waals surface area contributed by atoms with Crippen molar-refractivity contribution in [2.75, 3.05) is 6.54 Å². The normalized spacial score (nSPS) is 14.1. The fraction of sp³-hybridized carbons (Fsp3) is 0.375. The maximum Gasteiger partial charge on any atom is 0.261 e. The van der Waals surface area contributed by atoms with E-state index in [1.807, 2.05) is 25.5 Å². The number of rotatable bonds is 4. The molecule has 0 aliphatic carbocycles. The second-order valence-corrected chi connectivity index (χ2v) is 5.67. The zero-order valence-electron chi connectivity index (χ0n) is 12.9. The minimum atomic E-state index is -0.236. The Hall–Kier alpha value is -2.50. The van der Waals surface area contributed by atoms with Crippen molar-refractivity contribution < 1.29 is 9.59 Å². The molecule has 0 radical (unpaired) electrons. The zero-order chi connectivity index (χ0) is 15.9. The molecule has 0 saturated carbocycles. The van der Waals surface area contributed by atoms with Gasteiger partial charge in [0.2, 0.25) is 0 Å². The van der Waals surface area contributed by atoms with Crippen LogP contribution in [0.25, 0.3) is 0 Å². The molecule has 1 aromatic carbocycles. The molecule has 0 fully saturated rings. The molecular weight excluding hydrogens is 280 g/mol. The van der Waals surface area contributed by atoms with Gasteiger partial charge in [-0.25, -0.2) is 9.67 Å². The molecule has 2 aromatic rings. The van der Waals surface area contributed by atoms with E-state index in [1.54, 1.807) is 24.3 Å². The topological polar surface area (TPSA) is 68.1 Å². The molecule has 0 spiro atoms. The maximum absolute atomic E-state index is 12.3. The molecule has 0 atom stereocenters. The van der Waals surface area contributed by atoms with Crippen LogP contribution in [0.4, 0.5) is 0 Å². The van der Waals surface area contributed by atoms with Gasteiger partial charge in [0.1, 0.15) is 5.82 Å². The Labute approximate surface area is 128 Å². The SMILES string of the molecule is Cc1nc(CCN2C(=O)c3ccccc3C2=O)nn1C(C)C. The Balaban J connectivity index is 1.74. The molecule has 6 nitrogen and oxygen atoms in total. The Morgan fingerprint density at radius 3 is 2.18 bits per heavy atom. The molecular formula is C16H18N4O2. The van der Waals surface area contributed by atoms with Gasteiger partial charge in [-0.15, -0.1) is 0 Å². The van der Waals surface area contributed by atoms with E-state index in [2.05, 4.69) is 10.1 Å². The summed E-state index contributed by atoms with van der Waals surface area (Å²) >= 11 is 0. The third-order valence-corrected chi connectivity index (χ3v) is 3.77. The van der Waals surface area contributed by atoms with Crippen LogP contribution in [-0.2, 0) is 6.42 Å². The first-order valence-electron chi connectivity index (χ1n) is 7.36. The summed E-state index contributed by atoms with van der Waals surface area (Å²) in [7, 11) is 0. The van der Waals surface area contributed by atoms with Gasteiger partial charge in [-0.2, -0.15) is 5.10 Å². The number of hydrogen-bond donors (Lipinski definition) is 0. The molecule has 0 N–H and O–H groups in total. The van der Waals surface area contributed by atoms with Crippen molar-refractivity contribution in [1.82, 2.24) is 19.7 Å². The Kier molecular flexibility index (Phi) is 3.52. The van der Waals surface area contributed by atoms with Gasteiger partial charge in [0, 0.05) is 19.0 Å². The molecule has 6 heteroatoms. The van der Waals surface area contributed by atoms with Gasteiger partial charge in [0.05, 0.1) is 11.1 Å². The Morgan fingerprint density at radius 2 is 1.68 bits per heavy atom. The van der Waals surface area contributed by atoms with E-state index in [4.69, 9.17) is 0 Å². The predicted octanol–water partition coefficient (Wildman–Crippen LogP) is 2.01. The number of imide groups is 1.